The second kappa shape index (κ2) is 10.5. The van der Waals surface area contributed by atoms with E-state index in [9.17, 15) is 18.0 Å². The molecule has 35 heavy (non-hydrogen) atoms. The Kier molecular flexibility index (Phi) is 7.62. The van der Waals surface area contributed by atoms with Crippen molar-refractivity contribution >= 4 is 27.5 Å². The fraction of sp³-hybridized carbons (Fsp3) is 0.481. The lowest BCUT2D eigenvalue weighted by molar-refractivity contribution is -0.129. The highest BCUT2D eigenvalue weighted by atomic mass is 32.2. The molecule has 0 bridgehead atoms. The minimum Gasteiger partial charge on any atom is -0.342 e. The predicted molar refractivity (Wildman–Crippen MR) is 137 cm³/mol. The molecule has 2 fully saturated rings. The van der Waals surface area contributed by atoms with Crippen molar-refractivity contribution < 1.29 is 18.0 Å². The molecular weight excluding hydrogens is 462 g/mol. The van der Waals surface area contributed by atoms with Crippen molar-refractivity contribution in [3.8, 4) is 0 Å². The molecule has 0 aliphatic carbocycles. The van der Waals surface area contributed by atoms with Crippen molar-refractivity contribution in [1.82, 2.24) is 9.21 Å². The Balaban J connectivity index is 1.32. The third-order valence-electron chi connectivity index (χ3n) is 7.06. The first-order valence-electron chi connectivity index (χ1n) is 12.4. The van der Waals surface area contributed by atoms with Crippen LogP contribution in [0.15, 0.2) is 41.3 Å². The van der Waals surface area contributed by atoms with E-state index < -0.39 is 10.0 Å². The van der Waals surface area contributed by atoms with Crippen LogP contribution in [0.1, 0.15) is 47.9 Å². The van der Waals surface area contributed by atoms with Crippen LogP contribution in [0, 0.1) is 26.7 Å². The Morgan fingerprint density at radius 3 is 2.06 bits per heavy atom. The average Bonchev–Trinajstić information content (AvgIpc) is 3.35. The number of sulfonamides is 1. The summed E-state index contributed by atoms with van der Waals surface area (Å²) in [4.78, 5) is 27.5. The molecular formula is C27H35N3O4S. The van der Waals surface area contributed by atoms with Gasteiger partial charge in [-0.15, -0.1) is 0 Å². The van der Waals surface area contributed by atoms with Gasteiger partial charge in [-0.2, -0.15) is 4.31 Å². The van der Waals surface area contributed by atoms with Gasteiger partial charge in [0.25, 0.3) is 0 Å². The summed E-state index contributed by atoms with van der Waals surface area (Å²) in [7, 11) is -3.60. The number of hydrogen-bond donors (Lipinski definition) is 1. The Morgan fingerprint density at radius 1 is 0.914 bits per heavy atom. The summed E-state index contributed by atoms with van der Waals surface area (Å²) in [5.41, 5.74) is 4.18. The van der Waals surface area contributed by atoms with Crippen molar-refractivity contribution in [2.24, 2.45) is 5.92 Å². The Labute approximate surface area is 208 Å². The van der Waals surface area contributed by atoms with E-state index in [2.05, 4.69) is 5.32 Å². The van der Waals surface area contributed by atoms with Crippen LogP contribution in [0.5, 0.6) is 0 Å². The molecule has 2 saturated heterocycles. The molecule has 2 amide bonds. The van der Waals surface area contributed by atoms with Gasteiger partial charge in [0.1, 0.15) is 0 Å². The van der Waals surface area contributed by atoms with Crippen LogP contribution < -0.4 is 5.32 Å². The zero-order valence-electron chi connectivity index (χ0n) is 20.8. The molecule has 0 radical (unpaired) electrons. The lowest BCUT2D eigenvalue weighted by Gasteiger charge is -2.31. The van der Waals surface area contributed by atoms with Crippen LogP contribution in [-0.4, -0.2) is 55.6 Å². The van der Waals surface area contributed by atoms with Crippen molar-refractivity contribution in [1.29, 1.82) is 0 Å². The van der Waals surface area contributed by atoms with Gasteiger partial charge >= 0.3 is 0 Å². The number of hydrogen-bond acceptors (Lipinski definition) is 4. The number of aryl methyl sites for hydroxylation is 3. The van der Waals surface area contributed by atoms with Gasteiger partial charge < -0.3 is 10.2 Å². The van der Waals surface area contributed by atoms with Gasteiger partial charge in [0, 0.05) is 37.8 Å². The first kappa shape index (κ1) is 25.4. The standard InChI is InChI=1S/C27H35N3O4S/c1-19-16-20(2)26(21(3)17-19)35(33,34)30-14-10-23(11-15-30)27(32)28-24-8-6-22(7-9-24)18-25(31)29-12-4-5-13-29/h6-9,16-17,23H,4-5,10-15,18H2,1-3H3,(H,28,32). The van der Waals surface area contributed by atoms with Crippen LogP contribution in [0.25, 0.3) is 0 Å². The highest BCUT2D eigenvalue weighted by molar-refractivity contribution is 7.89. The van der Waals surface area contributed by atoms with E-state index in [0.717, 1.165) is 48.2 Å². The minimum atomic E-state index is -3.60. The molecule has 7 nitrogen and oxygen atoms in total. The summed E-state index contributed by atoms with van der Waals surface area (Å²) >= 11 is 0. The Morgan fingerprint density at radius 2 is 1.49 bits per heavy atom. The second-order valence-electron chi connectivity index (χ2n) is 9.86. The van der Waals surface area contributed by atoms with Crippen LogP contribution in [0.2, 0.25) is 0 Å². The Bertz CT molecular complexity index is 1170. The number of carbonyl (C=O) groups is 2. The van der Waals surface area contributed by atoms with E-state index in [-0.39, 0.29) is 17.7 Å². The van der Waals surface area contributed by atoms with E-state index in [1.54, 1.807) is 0 Å². The van der Waals surface area contributed by atoms with Crippen LogP contribution >= 0.6 is 0 Å². The van der Waals surface area contributed by atoms with E-state index in [1.165, 1.54) is 4.31 Å². The number of nitrogens with one attached hydrogen (secondary N) is 1. The highest BCUT2D eigenvalue weighted by Crippen LogP contribution is 2.29. The summed E-state index contributed by atoms with van der Waals surface area (Å²) < 4.78 is 28.1. The molecule has 1 N–H and O–H groups in total. The number of rotatable bonds is 6. The predicted octanol–water partition coefficient (Wildman–Crippen LogP) is 3.82. The zero-order valence-corrected chi connectivity index (χ0v) is 21.7. The number of amides is 2. The molecule has 2 heterocycles. The molecule has 0 unspecified atom stereocenters. The first-order chi connectivity index (χ1) is 16.6. The first-order valence-corrected chi connectivity index (χ1v) is 13.8. The van der Waals surface area contributed by atoms with Gasteiger partial charge in [-0.3, -0.25) is 9.59 Å². The van der Waals surface area contributed by atoms with Crippen LogP contribution in [-0.2, 0) is 26.0 Å². The summed E-state index contributed by atoms with van der Waals surface area (Å²) in [6.45, 7) is 7.97. The summed E-state index contributed by atoms with van der Waals surface area (Å²) in [6.07, 6.45) is 3.50. The molecule has 8 heteroatoms. The van der Waals surface area contributed by atoms with Gasteiger partial charge in [0.05, 0.1) is 11.3 Å². The number of benzene rings is 2. The Hall–Kier alpha value is -2.71. The number of nitrogens with zero attached hydrogens (tertiary/aromatic N) is 2. The molecule has 188 valence electrons. The molecule has 0 spiro atoms. The normalized spacial score (nSPS) is 17.5. The smallest absolute Gasteiger partial charge is 0.243 e. The van der Waals surface area contributed by atoms with Gasteiger partial charge in [0.15, 0.2) is 0 Å². The topological polar surface area (TPSA) is 86.8 Å². The quantitative estimate of drug-likeness (QED) is 0.657. The lowest BCUT2D eigenvalue weighted by atomic mass is 9.97. The van der Waals surface area contributed by atoms with Gasteiger partial charge in [-0.1, -0.05) is 29.8 Å². The molecule has 4 rings (SSSR count). The van der Waals surface area contributed by atoms with E-state index in [1.807, 2.05) is 62.1 Å². The number of anilines is 1. The minimum absolute atomic E-state index is 0.0920. The molecule has 2 aromatic carbocycles. The molecule has 2 aliphatic heterocycles. The van der Waals surface area contributed by atoms with Gasteiger partial charge in [-0.25, -0.2) is 8.42 Å². The van der Waals surface area contributed by atoms with Crippen molar-refractivity contribution in [2.75, 3.05) is 31.5 Å². The molecule has 2 aliphatic rings. The SMILES string of the molecule is Cc1cc(C)c(S(=O)(=O)N2CCC(C(=O)Nc3ccc(CC(=O)N4CCCC4)cc3)CC2)c(C)c1. The van der Waals surface area contributed by atoms with Crippen LogP contribution in [0.4, 0.5) is 5.69 Å². The maximum absolute atomic E-state index is 13.3. The van der Waals surface area contributed by atoms with E-state index in [4.69, 9.17) is 0 Å². The molecule has 0 aromatic heterocycles. The van der Waals surface area contributed by atoms with Crippen LogP contribution in [0.3, 0.4) is 0 Å². The molecule has 0 atom stereocenters. The summed E-state index contributed by atoms with van der Waals surface area (Å²) in [5.74, 6) is -0.180. The molecule has 0 saturated carbocycles. The largest absolute Gasteiger partial charge is 0.342 e. The lowest BCUT2D eigenvalue weighted by Crippen LogP contribution is -2.41. The fourth-order valence-corrected chi connectivity index (χ4v) is 7.15. The third kappa shape index (κ3) is 5.76. The van der Waals surface area contributed by atoms with Crippen molar-refractivity contribution in [3.05, 3.63) is 58.7 Å². The van der Waals surface area contributed by atoms with E-state index in [0.29, 0.717) is 42.9 Å². The number of carbonyl (C=O) groups excluding carboxylic acids is 2. The summed E-state index contributed by atoms with van der Waals surface area (Å²) in [5, 5.41) is 2.95. The summed E-state index contributed by atoms with van der Waals surface area (Å²) in [6, 6.07) is 11.2. The monoisotopic (exact) mass is 497 g/mol. The average molecular weight is 498 g/mol. The molecule has 2 aromatic rings. The maximum atomic E-state index is 13.3. The fourth-order valence-electron chi connectivity index (χ4n) is 5.26. The zero-order chi connectivity index (χ0) is 25.2. The number of likely N-dealkylation sites (tertiary alicyclic amines) is 1. The van der Waals surface area contributed by atoms with Gasteiger partial charge in [0.2, 0.25) is 21.8 Å². The second-order valence-corrected chi connectivity index (χ2v) is 11.7. The number of piperidine rings is 1. The van der Waals surface area contributed by atoms with Crippen molar-refractivity contribution in [3.63, 3.8) is 0 Å². The van der Waals surface area contributed by atoms with E-state index >= 15 is 0 Å². The van der Waals surface area contributed by atoms with Gasteiger partial charge in [-0.05, 0) is 75.3 Å². The maximum Gasteiger partial charge on any atom is 0.243 e. The third-order valence-corrected chi connectivity index (χ3v) is 9.27. The highest BCUT2D eigenvalue weighted by Gasteiger charge is 2.33. The van der Waals surface area contributed by atoms with Crippen molar-refractivity contribution in [2.45, 2.75) is 57.8 Å².